The summed E-state index contributed by atoms with van der Waals surface area (Å²) in [4.78, 5) is 44.4. The van der Waals surface area contributed by atoms with Crippen LogP contribution in [-0.2, 0) is 58.1 Å². The maximum atomic E-state index is 10.6. The molecule has 120 valence electrons. The average molecular weight is 447 g/mol. The fourth-order valence-electron chi connectivity index (χ4n) is 1.48. The van der Waals surface area contributed by atoms with E-state index in [1.54, 1.807) is 0 Å². The van der Waals surface area contributed by atoms with Gasteiger partial charge in [-0.2, -0.15) is 0 Å². The summed E-state index contributed by atoms with van der Waals surface area (Å²) in [7, 11) is 0. The second-order valence-corrected chi connectivity index (χ2v) is 4.00. The van der Waals surface area contributed by atoms with Crippen molar-refractivity contribution >= 4 is 23.9 Å². The first-order valence-corrected chi connectivity index (χ1v) is 5.52. The van der Waals surface area contributed by atoms with Crippen LogP contribution in [0.25, 0.3) is 0 Å². The van der Waals surface area contributed by atoms with Crippen molar-refractivity contribution < 1.29 is 110 Å². The van der Waals surface area contributed by atoms with Gasteiger partial charge in [-0.05, 0) is 0 Å². The van der Waals surface area contributed by atoms with Crippen LogP contribution in [0.4, 0.5) is 0 Å². The summed E-state index contributed by atoms with van der Waals surface area (Å²) in [6.45, 7) is -2.25. The van der Waals surface area contributed by atoms with Gasteiger partial charge in [-0.25, -0.2) is 0 Å². The van der Waals surface area contributed by atoms with Gasteiger partial charge in [0.2, 0.25) is 0 Å². The molecule has 4 N–H and O–H groups in total. The first-order chi connectivity index (χ1) is 9.20. The average Bonchev–Trinajstić information content (AvgIpc) is 2.22. The Morgan fingerprint density at radius 2 is 0.783 bits per heavy atom. The Morgan fingerprint density at radius 1 is 0.609 bits per heavy atom. The molecular formula is C10H17N2NaO8Zn2. The van der Waals surface area contributed by atoms with Crippen LogP contribution in [0.15, 0.2) is 0 Å². The number of hydrogen-bond acceptors (Lipinski definition) is 6. The van der Waals surface area contributed by atoms with E-state index in [2.05, 4.69) is 0 Å². The Hall–Kier alpha value is 0.0468. The molecule has 0 aliphatic rings. The summed E-state index contributed by atoms with van der Waals surface area (Å²) in [6.07, 6.45) is 0. The molecule has 23 heavy (non-hydrogen) atoms. The van der Waals surface area contributed by atoms with Gasteiger partial charge in [0.15, 0.2) is 0 Å². The molecule has 0 aromatic rings. The molecule has 0 aliphatic carbocycles. The molecule has 10 nitrogen and oxygen atoms in total. The standard InChI is InChI=1S/C10H16N2O8.Na.2Zn.H/c13-7(14)3-11(4-8(15)16)1-2-12(5-9(17)18)6-10(19)20;;;;/h1-6H2,(H,13,14)(H,15,16)(H,17,18)(H,19,20);;;;/q;+1;;;-1. The zero-order valence-corrected chi connectivity index (χ0v) is 20.9. The molecule has 0 bridgehead atoms. The van der Waals surface area contributed by atoms with Gasteiger partial charge in [0.25, 0.3) is 0 Å². The van der Waals surface area contributed by atoms with Gasteiger partial charge >= 0.3 is 53.4 Å². The number of carbonyl (C=O) groups is 4. The van der Waals surface area contributed by atoms with Crippen molar-refractivity contribution in [2.24, 2.45) is 0 Å². The van der Waals surface area contributed by atoms with Gasteiger partial charge in [-0.1, -0.05) is 0 Å². The molecule has 0 fully saturated rings. The Bertz CT molecular complexity index is 337. The Morgan fingerprint density at radius 3 is 0.913 bits per heavy atom. The fraction of sp³-hybridized carbons (Fsp3) is 0.600. The van der Waals surface area contributed by atoms with E-state index in [4.69, 9.17) is 20.4 Å². The molecule has 0 spiro atoms. The second-order valence-electron chi connectivity index (χ2n) is 4.00. The van der Waals surface area contributed by atoms with Gasteiger partial charge < -0.3 is 21.9 Å². The molecule has 0 saturated heterocycles. The zero-order valence-electron chi connectivity index (χ0n) is 14.0. The minimum atomic E-state index is -1.23. The van der Waals surface area contributed by atoms with Gasteiger partial charge in [-0.3, -0.25) is 29.0 Å². The summed E-state index contributed by atoms with van der Waals surface area (Å²) >= 11 is 0. The SMILES string of the molecule is O=C(O)CN(CCN(CC(=O)O)CC(=O)O)CC(=O)O.[H-].[Na+].[Zn].[Zn]. The van der Waals surface area contributed by atoms with Crippen molar-refractivity contribution in [1.29, 1.82) is 0 Å². The number of rotatable bonds is 11. The predicted octanol–water partition coefficient (Wildman–Crippen LogP) is -4.96. The first kappa shape index (κ1) is 30.9. The molecule has 0 unspecified atom stereocenters. The molecule has 0 saturated carbocycles. The Balaban J connectivity index is -0.000000301. The van der Waals surface area contributed by atoms with Crippen LogP contribution in [0.2, 0.25) is 0 Å². The van der Waals surface area contributed by atoms with Crippen LogP contribution in [-0.4, -0.2) is 93.4 Å². The van der Waals surface area contributed by atoms with Gasteiger partial charge in [0.1, 0.15) is 0 Å². The van der Waals surface area contributed by atoms with Crippen LogP contribution in [0.1, 0.15) is 1.43 Å². The third kappa shape index (κ3) is 20.0. The van der Waals surface area contributed by atoms with E-state index in [9.17, 15) is 19.2 Å². The quantitative estimate of drug-likeness (QED) is 0.227. The molecule has 0 rings (SSSR count). The molecule has 0 aromatic carbocycles. The Kier molecular flexibility index (Phi) is 22.7. The van der Waals surface area contributed by atoms with E-state index in [0.717, 1.165) is 9.80 Å². The molecule has 0 atom stereocenters. The smallest absolute Gasteiger partial charge is 1.00 e. The van der Waals surface area contributed by atoms with Crippen LogP contribution < -0.4 is 29.6 Å². The van der Waals surface area contributed by atoms with Crippen LogP contribution in [0, 0.1) is 0 Å². The van der Waals surface area contributed by atoms with Crippen molar-refractivity contribution in [2.45, 2.75) is 0 Å². The van der Waals surface area contributed by atoms with Crippen LogP contribution in [0.3, 0.4) is 0 Å². The van der Waals surface area contributed by atoms with Crippen molar-refractivity contribution in [1.82, 2.24) is 9.80 Å². The van der Waals surface area contributed by atoms with Crippen molar-refractivity contribution in [3.05, 3.63) is 0 Å². The monoisotopic (exact) mass is 444 g/mol. The number of aliphatic carboxylic acids is 4. The summed E-state index contributed by atoms with van der Waals surface area (Å²) in [5.41, 5.74) is 0. The Labute approximate surface area is 181 Å². The fourth-order valence-corrected chi connectivity index (χ4v) is 1.48. The van der Waals surface area contributed by atoms with Crippen molar-refractivity contribution in [3.63, 3.8) is 0 Å². The molecular weight excluding hydrogens is 430 g/mol. The second kappa shape index (κ2) is 16.9. The van der Waals surface area contributed by atoms with Crippen LogP contribution in [0.5, 0.6) is 0 Å². The minimum absolute atomic E-state index is 0. The molecule has 0 amide bonds. The maximum Gasteiger partial charge on any atom is 1.00 e. The molecule has 0 heterocycles. The van der Waals surface area contributed by atoms with E-state index < -0.39 is 50.1 Å². The van der Waals surface area contributed by atoms with E-state index in [1.165, 1.54) is 0 Å². The number of carboxylic acids is 4. The van der Waals surface area contributed by atoms with E-state index in [0.29, 0.717) is 0 Å². The minimum Gasteiger partial charge on any atom is -1.00 e. The zero-order chi connectivity index (χ0) is 15.7. The topological polar surface area (TPSA) is 156 Å². The summed E-state index contributed by atoms with van der Waals surface area (Å²) in [5.74, 6) is -4.91. The molecule has 0 aliphatic heterocycles. The molecule has 0 radical (unpaired) electrons. The van der Waals surface area contributed by atoms with E-state index >= 15 is 0 Å². The maximum absolute atomic E-state index is 10.6. The number of carboxylic acid groups (broad SMARTS) is 4. The summed E-state index contributed by atoms with van der Waals surface area (Å²) in [6, 6.07) is 0. The first-order valence-electron chi connectivity index (χ1n) is 5.52. The van der Waals surface area contributed by atoms with Gasteiger partial charge in [0.05, 0.1) is 26.2 Å². The summed E-state index contributed by atoms with van der Waals surface area (Å²) in [5, 5.41) is 34.5. The third-order valence-corrected chi connectivity index (χ3v) is 2.17. The van der Waals surface area contributed by atoms with Gasteiger partial charge in [0, 0.05) is 52.0 Å². The predicted molar refractivity (Wildman–Crippen MR) is 64.5 cm³/mol. The van der Waals surface area contributed by atoms with E-state index in [-0.39, 0.29) is 83.0 Å². The number of nitrogens with zero attached hydrogens (tertiary/aromatic N) is 2. The van der Waals surface area contributed by atoms with Crippen molar-refractivity contribution in [3.8, 4) is 0 Å². The van der Waals surface area contributed by atoms with Crippen molar-refractivity contribution in [2.75, 3.05) is 39.3 Å². The number of hydrogen-bond donors (Lipinski definition) is 4. The third-order valence-electron chi connectivity index (χ3n) is 2.17. The molecule has 13 heteroatoms. The van der Waals surface area contributed by atoms with Crippen LogP contribution >= 0.6 is 0 Å². The van der Waals surface area contributed by atoms with Gasteiger partial charge in [-0.15, -0.1) is 0 Å². The largest absolute Gasteiger partial charge is 1.00 e. The normalized spacial score (nSPS) is 9.30. The molecule has 0 aromatic heterocycles. The van der Waals surface area contributed by atoms with E-state index in [1.807, 2.05) is 0 Å². The summed E-state index contributed by atoms with van der Waals surface area (Å²) < 4.78 is 0.